The van der Waals surface area contributed by atoms with Gasteiger partial charge in [-0.2, -0.15) is 0 Å². The van der Waals surface area contributed by atoms with E-state index < -0.39 is 0 Å². The van der Waals surface area contributed by atoms with Crippen molar-refractivity contribution in [2.24, 2.45) is 5.73 Å². The van der Waals surface area contributed by atoms with E-state index >= 15 is 0 Å². The second kappa shape index (κ2) is 8.29. The molecule has 0 bridgehead atoms. The summed E-state index contributed by atoms with van der Waals surface area (Å²) in [5.74, 6) is 5.62. The Morgan fingerprint density at radius 2 is 2.22 bits per heavy atom. The lowest BCUT2D eigenvalue weighted by atomic mass is 10.2. The summed E-state index contributed by atoms with van der Waals surface area (Å²) in [5.41, 5.74) is 6.81. The molecule has 3 N–H and O–H groups in total. The highest BCUT2D eigenvalue weighted by atomic mass is 16.5. The van der Waals surface area contributed by atoms with Crippen LogP contribution in [0.25, 0.3) is 0 Å². The molecule has 1 aromatic rings. The van der Waals surface area contributed by atoms with Gasteiger partial charge in [0.05, 0.1) is 25.3 Å². The zero-order valence-corrected chi connectivity index (χ0v) is 10.5. The molecule has 96 valence electrons. The maximum absolute atomic E-state index is 11.6. The Labute approximate surface area is 108 Å². The fourth-order valence-electron chi connectivity index (χ4n) is 1.37. The van der Waals surface area contributed by atoms with Crippen LogP contribution in [0.1, 0.15) is 18.9 Å². The first-order valence-electron chi connectivity index (χ1n) is 5.93. The molecule has 0 aliphatic carbocycles. The Morgan fingerprint density at radius 1 is 1.44 bits per heavy atom. The van der Waals surface area contributed by atoms with Crippen LogP contribution >= 0.6 is 0 Å². The maximum Gasteiger partial charge on any atom is 0.226 e. The lowest BCUT2D eigenvalue weighted by molar-refractivity contribution is -0.117. The highest BCUT2D eigenvalue weighted by Gasteiger charge is 2.04. The minimum atomic E-state index is -0.0783. The zero-order valence-electron chi connectivity index (χ0n) is 10.5. The molecule has 0 fully saturated rings. The number of anilines is 1. The molecule has 0 aliphatic rings. The molecule has 0 radical (unpaired) electrons. The van der Waals surface area contributed by atoms with Crippen molar-refractivity contribution >= 4 is 11.6 Å². The predicted molar refractivity (Wildman–Crippen MR) is 72.1 cm³/mol. The number of para-hydroxylation sites is 1. The first kappa shape index (κ1) is 14.2. The van der Waals surface area contributed by atoms with Gasteiger partial charge in [-0.15, -0.1) is 0 Å². The molecule has 0 aromatic heterocycles. The number of hydrogen-bond donors (Lipinski definition) is 2. The van der Waals surface area contributed by atoms with Gasteiger partial charge in [0.15, 0.2) is 0 Å². The highest BCUT2D eigenvalue weighted by molar-refractivity contribution is 5.92. The first-order chi connectivity index (χ1) is 8.77. The van der Waals surface area contributed by atoms with Crippen molar-refractivity contribution < 1.29 is 9.53 Å². The number of carbonyl (C=O) groups is 1. The van der Waals surface area contributed by atoms with Gasteiger partial charge in [0.25, 0.3) is 0 Å². The summed E-state index contributed by atoms with van der Waals surface area (Å²) in [6.07, 6.45) is 0.340. The third-order valence-electron chi connectivity index (χ3n) is 2.20. The molecule has 4 nitrogen and oxygen atoms in total. The van der Waals surface area contributed by atoms with E-state index in [1.54, 1.807) is 0 Å². The minimum Gasteiger partial charge on any atom is -0.381 e. The number of nitrogens with two attached hydrogens (primary N) is 1. The van der Waals surface area contributed by atoms with E-state index in [9.17, 15) is 4.79 Å². The van der Waals surface area contributed by atoms with Gasteiger partial charge in [-0.05, 0) is 19.1 Å². The average Bonchev–Trinajstić information content (AvgIpc) is 2.38. The van der Waals surface area contributed by atoms with Crippen molar-refractivity contribution in [3.8, 4) is 11.8 Å². The summed E-state index contributed by atoms with van der Waals surface area (Å²) in [4.78, 5) is 11.6. The molecular weight excluding hydrogens is 228 g/mol. The van der Waals surface area contributed by atoms with Crippen molar-refractivity contribution in [1.29, 1.82) is 0 Å². The molecule has 0 unspecified atom stereocenters. The second-order valence-corrected chi connectivity index (χ2v) is 3.55. The van der Waals surface area contributed by atoms with Crippen molar-refractivity contribution in [2.75, 3.05) is 25.1 Å². The van der Waals surface area contributed by atoms with E-state index in [4.69, 9.17) is 10.5 Å². The maximum atomic E-state index is 11.6. The Hall–Kier alpha value is -1.83. The fourth-order valence-corrected chi connectivity index (χ4v) is 1.37. The summed E-state index contributed by atoms with van der Waals surface area (Å²) in [6, 6.07) is 7.39. The molecule has 4 heteroatoms. The normalized spacial score (nSPS) is 9.44. The van der Waals surface area contributed by atoms with Crippen LogP contribution in [0.4, 0.5) is 5.69 Å². The number of carbonyl (C=O) groups excluding carboxylic acids is 1. The minimum absolute atomic E-state index is 0.0783. The SMILES string of the molecule is CCOCCC(=O)Nc1ccccc1C#CCN. The van der Waals surface area contributed by atoms with Crippen molar-refractivity contribution in [3.05, 3.63) is 29.8 Å². The van der Waals surface area contributed by atoms with E-state index in [1.165, 1.54) is 0 Å². The summed E-state index contributed by atoms with van der Waals surface area (Å²) in [5, 5.41) is 2.82. The Bertz CT molecular complexity index is 447. The van der Waals surface area contributed by atoms with E-state index in [-0.39, 0.29) is 5.91 Å². The molecule has 0 spiro atoms. The van der Waals surface area contributed by atoms with Crippen LogP contribution in [0.15, 0.2) is 24.3 Å². The second-order valence-electron chi connectivity index (χ2n) is 3.55. The van der Waals surface area contributed by atoms with Gasteiger partial charge in [-0.3, -0.25) is 4.79 Å². The number of benzene rings is 1. The number of amides is 1. The standard InChI is InChI=1S/C14H18N2O2/c1-2-18-11-9-14(17)16-13-8-4-3-6-12(13)7-5-10-15/h3-4,6,8H,2,9-11,15H2,1H3,(H,16,17). The largest absolute Gasteiger partial charge is 0.381 e. The molecule has 1 rings (SSSR count). The fraction of sp³-hybridized carbons (Fsp3) is 0.357. The zero-order chi connectivity index (χ0) is 13.2. The van der Waals surface area contributed by atoms with Crippen molar-refractivity contribution in [2.45, 2.75) is 13.3 Å². The predicted octanol–water partition coefficient (Wildman–Crippen LogP) is 1.36. The van der Waals surface area contributed by atoms with E-state index in [2.05, 4.69) is 17.2 Å². The third-order valence-corrected chi connectivity index (χ3v) is 2.20. The van der Waals surface area contributed by atoms with E-state index in [0.29, 0.717) is 31.9 Å². The highest BCUT2D eigenvalue weighted by Crippen LogP contribution is 2.13. The van der Waals surface area contributed by atoms with Crippen molar-refractivity contribution in [1.82, 2.24) is 0 Å². The summed E-state index contributed by atoms with van der Waals surface area (Å²) < 4.78 is 5.13. The summed E-state index contributed by atoms with van der Waals surface area (Å²) in [6.45, 7) is 3.24. The van der Waals surface area contributed by atoms with Gasteiger partial charge in [0.2, 0.25) is 5.91 Å². The molecular formula is C14H18N2O2. The average molecular weight is 246 g/mol. The van der Waals surface area contributed by atoms with Gasteiger partial charge < -0.3 is 15.8 Å². The monoisotopic (exact) mass is 246 g/mol. The number of hydrogen-bond acceptors (Lipinski definition) is 3. The van der Waals surface area contributed by atoms with E-state index in [1.807, 2.05) is 31.2 Å². The lowest BCUT2D eigenvalue weighted by Gasteiger charge is -2.07. The Balaban J connectivity index is 2.63. The molecule has 0 atom stereocenters. The molecule has 0 aliphatic heterocycles. The lowest BCUT2D eigenvalue weighted by Crippen LogP contribution is -2.14. The molecule has 18 heavy (non-hydrogen) atoms. The summed E-state index contributed by atoms with van der Waals surface area (Å²) >= 11 is 0. The van der Waals surface area contributed by atoms with Crippen molar-refractivity contribution in [3.63, 3.8) is 0 Å². The number of ether oxygens (including phenoxy) is 1. The molecule has 1 amide bonds. The quantitative estimate of drug-likeness (QED) is 0.609. The third kappa shape index (κ3) is 5.00. The van der Waals surface area contributed by atoms with Crippen LogP contribution < -0.4 is 11.1 Å². The molecule has 0 heterocycles. The van der Waals surface area contributed by atoms with Gasteiger partial charge in [0, 0.05) is 12.2 Å². The van der Waals surface area contributed by atoms with E-state index in [0.717, 1.165) is 5.56 Å². The number of nitrogens with one attached hydrogen (secondary N) is 1. The Morgan fingerprint density at radius 3 is 2.94 bits per heavy atom. The van der Waals surface area contributed by atoms with Gasteiger partial charge in [0.1, 0.15) is 0 Å². The van der Waals surface area contributed by atoms with Crippen LogP contribution in [0.3, 0.4) is 0 Å². The van der Waals surface area contributed by atoms with Gasteiger partial charge in [-0.25, -0.2) is 0 Å². The van der Waals surface area contributed by atoms with Crippen LogP contribution in [0, 0.1) is 11.8 Å². The van der Waals surface area contributed by atoms with Crippen LogP contribution in [0.2, 0.25) is 0 Å². The molecule has 0 saturated heterocycles. The van der Waals surface area contributed by atoms with Gasteiger partial charge in [-0.1, -0.05) is 24.0 Å². The smallest absolute Gasteiger partial charge is 0.226 e. The van der Waals surface area contributed by atoms with Crippen LogP contribution in [-0.4, -0.2) is 25.7 Å². The topological polar surface area (TPSA) is 64.3 Å². The summed E-state index contributed by atoms with van der Waals surface area (Å²) in [7, 11) is 0. The Kier molecular flexibility index (Phi) is 6.55. The van der Waals surface area contributed by atoms with Crippen LogP contribution in [-0.2, 0) is 9.53 Å². The van der Waals surface area contributed by atoms with Crippen LogP contribution in [0.5, 0.6) is 0 Å². The number of rotatable bonds is 5. The molecule has 0 saturated carbocycles. The molecule has 1 aromatic carbocycles. The first-order valence-corrected chi connectivity index (χ1v) is 5.93. The van der Waals surface area contributed by atoms with Gasteiger partial charge >= 0.3 is 0 Å².